The molecule has 0 saturated heterocycles. The molecule has 2 aromatic heterocycles. The van der Waals surface area contributed by atoms with Crippen molar-refractivity contribution in [2.45, 2.75) is 25.9 Å². The second-order valence-corrected chi connectivity index (χ2v) is 6.85. The summed E-state index contributed by atoms with van der Waals surface area (Å²) in [5.74, 6) is -0.492. The summed E-state index contributed by atoms with van der Waals surface area (Å²) in [6.07, 6.45) is 3.33. The molecule has 8 nitrogen and oxygen atoms in total. The van der Waals surface area contributed by atoms with E-state index in [1.54, 1.807) is 29.0 Å². The van der Waals surface area contributed by atoms with Gasteiger partial charge in [0.2, 0.25) is 5.91 Å². The number of aryl methyl sites for hydroxylation is 1. The number of rotatable bonds is 6. The van der Waals surface area contributed by atoms with Gasteiger partial charge in [0, 0.05) is 20.0 Å². The van der Waals surface area contributed by atoms with Crippen LogP contribution in [0.5, 0.6) is 0 Å². The smallest absolute Gasteiger partial charge is 0.408 e. The number of amides is 1. The van der Waals surface area contributed by atoms with Gasteiger partial charge in [-0.2, -0.15) is 5.10 Å². The number of fused-ring (bicyclic) bond motifs is 1. The fraction of sp³-hybridized carbons (Fsp3) is 0.238. The van der Waals surface area contributed by atoms with Crippen molar-refractivity contribution in [2.75, 3.05) is 7.05 Å². The number of carbonyl (C=O) groups is 1. The molecule has 0 N–H and O–H groups in total. The third kappa shape index (κ3) is 3.69. The lowest BCUT2D eigenvalue weighted by Crippen LogP contribution is -2.31. The van der Waals surface area contributed by atoms with Gasteiger partial charge < -0.3 is 9.32 Å². The van der Waals surface area contributed by atoms with Crippen LogP contribution in [0.3, 0.4) is 0 Å². The van der Waals surface area contributed by atoms with Gasteiger partial charge in [-0.1, -0.05) is 24.3 Å². The maximum Gasteiger partial charge on any atom is 0.419 e. The molecular weight excluding hydrogens is 370 g/mol. The van der Waals surface area contributed by atoms with Crippen LogP contribution in [-0.2, 0) is 11.3 Å². The highest BCUT2D eigenvalue weighted by Crippen LogP contribution is 2.21. The second-order valence-electron chi connectivity index (χ2n) is 6.85. The van der Waals surface area contributed by atoms with Crippen LogP contribution in [0.4, 0.5) is 0 Å². The van der Waals surface area contributed by atoms with Gasteiger partial charge in [0.05, 0.1) is 17.2 Å². The molecule has 4 rings (SSSR count). The van der Waals surface area contributed by atoms with E-state index < -0.39 is 5.76 Å². The van der Waals surface area contributed by atoms with E-state index in [2.05, 4.69) is 10.1 Å². The molecular formula is C21H21N5O3. The summed E-state index contributed by atoms with van der Waals surface area (Å²) in [7, 11) is 1.77. The van der Waals surface area contributed by atoms with E-state index >= 15 is 0 Å². The zero-order valence-corrected chi connectivity index (χ0v) is 16.2. The predicted octanol–water partition coefficient (Wildman–Crippen LogP) is 2.78. The number of benzene rings is 2. The van der Waals surface area contributed by atoms with Gasteiger partial charge in [-0.05, 0) is 36.8 Å². The monoisotopic (exact) mass is 391 g/mol. The SMILES string of the molecule is C[C@@H](c1ccc(-n2cncn2)cc1)N(C)C(=O)CCn1c(=O)oc2ccccc21. The number of hydrogen-bond acceptors (Lipinski definition) is 5. The lowest BCUT2D eigenvalue weighted by molar-refractivity contribution is -0.132. The average Bonchev–Trinajstić information content (AvgIpc) is 3.39. The number of hydrogen-bond donors (Lipinski definition) is 0. The number of carbonyl (C=O) groups excluding carboxylic acids is 1. The third-order valence-electron chi connectivity index (χ3n) is 5.16. The van der Waals surface area contributed by atoms with E-state index in [-0.39, 0.29) is 24.9 Å². The molecule has 0 spiro atoms. The molecule has 148 valence electrons. The number of oxazole rings is 1. The van der Waals surface area contributed by atoms with Gasteiger partial charge in [0.15, 0.2) is 5.58 Å². The molecule has 4 aromatic rings. The molecule has 0 aliphatic heterocycles. The Morgan fingerprint density at radius 2 is 1.93 bits per heavy atom. The van der Waals surface area contributed by atoms with Crippen molar-refractivity contribution in [3.63, 3.8) is 0 Å². The molecule has 1 amide bonds. The van der Waals surface area contributed by atoms with Gasteiger partial charge in [-0.3, -0.25) is 9.36 Å². The zero-order chi connectivity index (χ0) is 20.4. The van der Waals surface area contributed by atoms with E-state index in [1.165, 1.54) is 10.9 Å². The van der Waals surface area contributed by atoms with Gasteiger partial charge in [0.25, 0.3) is 0 Å². The Labute approximate surface area is 167 Å². The minimum Gasteiger partial charge on any atom is -0.408 e. The van der Waals surface area contributed by atoms with Crippen molar-refractivity contribution in [2.24, 2.45) is 0 Å². The van der Waals surface area contributed by atoms with Crippen molar-refractivity contribution in [3.05, 3.63) is 77.3 Å². The molecule has 0 bridgehead atoms. The highest BCUT2D eigenvalue weighted by molar-refractivity contribution is 5.77. The summed E-state index contributed by atoms with van der Waals surface area (Å²) in [6, 6.07) is 14.9. The molecule has 0 unspecified atom stereocenters. The number of aromatic nitrogens is 4. The van der Waals surface area contributed by atoms with Crippen LogP contribution in [0.15, 0.2) is 70.4 Å². The molecule has 29 heavy (non-hydrogen) atoms. The largest absolute Gasteiger partial charge is 0.419 e. The Hall–Kier alpha value is -3.68. The first-order chi connectivity index (χ1) is 14.0. The summed E-state index contributed by atoms with van der Waals surface area (Å²) in [5, 5.41) is 4.11. The maximum absolute atomic E-state index is 12.7. The van der Waals surface area contributed by atoms with E-state index in [9.17, 15) is 9.59 Å². The molecule has 8 heteroatoms. The van der Waals surface area contributed by atoms with Crippen LogP contribution >= 0.6 is 0 Å². The van der Waals surface area contributed by atoms with E-state index in [0.717, 1.165) is 11.3 Å². The summed E-state index contributed by atoms with van der Waals surface area (Å²) >= 11 is 0. The Bertz CT molecular complexity index is 1180. The van der Waals surface area contributed by atoms with Crippen molar-refractivity contribution in [1.82, 2.24) is 24.2 Å². The van der Waals surface area contributed by atoms with Crippen LogP contribution in [0, 0.1) is 0 Å². The normalized spacial score (nSPS) is 12.2. The summed E-state index contributed by atoms with van der Waals surface area (Å²) in [6.45, 7) is 2.25. The van der Waals surface area contributed by atoms with Crippen molar-refractivity contribution in [1.29, 1.82) is 0 Å². The van der Waals surface area contributed by atoms with Gasteiger partial charge in [-0.15, -0.1) is 0 Å². The fourth-order valence-corrected chi connectivity index (χ4v) is 3.30. The van der Waals surface area contributed by atoms with Gasteiger partial charge >= 0.3 is 5.76 Å². The van der Waals surface area contributed by atoms with Crippen LogP contribution in [0.25, 0.3) is 16.8 Å². The molecule has 0 aliphatic carbocycles. The summed E-state index contributed by atoms with van der Waals surface area (Å²) < 4.78 is 8.40. The third-order valence-corrected chi connectivity index (χ3v) is 5.16. The van der Waals surface area contributed by atoms with Gasteiger partial charge in [-0.25, -0.2) is 14.5 Å². The lowest BCUT2D eigenvalue weighted by atomic mass is 10.1. The Morgan fingerprint density at radius 1 is 1.17 bits per heavy atom. The number of para-hydroxylation sites is 2. The molecule has 0 saturated carbocycles. The van der Waals surface area contributed by atoms with Crippen LogP contribution in [0.2, 0.25) is 0 Å². The number of nitrogens with zero attached hydrogens (tertiary/aromatic N) is 5. The molecule has 0 aliphatic rings. The lowest BCUT2D eigenvalue weighted by Gasteiger charge is -2.25. The summed E-state index contributed by atoms with van der Waals surface area (Å²) in [4.78, 5) is 30.4. The minimum atomic E-state index is -0.446. The Morgan fingerprint density at radius 3 is 2.66 bits per heavy atom. The summed E-state index contributed by atoms with van der Waals surface area (Å²) in [5.41, 5.74) is 3.14. The molecule has 2 heterocycles. The first-order valence-electron chi connectivity index (χ1n) is 9.33. The van der Waals surface area contributed by atoms with E-state index in [4.69, 9.17) is 4.42 Å². The fourth-order valence-electron chi connectivity index (χ4n) is 3.30. The van der Waals surface area contributed by atoms with Crippen molar-refractivity contribution >= 4 is 17.0 Å². The average molecular weight is 391 g/mol. The van der Waals surface area contributed by atoms with Crippen LogP contribution in [-0.4, -0.2) is 37.2 Å². The first-order valence-corrected chi connectivity index (χ1v) is 9.33. The predicted molar refractivity (Wildman–Crippen MR) is 108 cm³/mol. The van der Waals surface area contributed by atoms with Crippen molar-refractivity contribution < 1.29 is 9.21 Å². The molecule has 0 radical (unpaired) electrons. The molecule has 1 atom stereocenters. The molecule has 2 aromatic carbocycles. The zero-order valence-electron chi connectivity index (χ0n) is 16.2. The topological polar surface area (TPSA) is 86.2 Å². The maximum atomic E-state index is 12.7. The first kappa shape index (κ1) is 18.7. The van der Waals surface area contributed by atoms with Crippen molar-refractivity contribution in [3.8, 4) is 5.69 Å². The van der Waals surface area contributed by atoms with Crippen LogP contribution in [0.1, 0.15) is 24.9 Å². The van der Waals surface area contributed by atoms with Gasteiger partial charge in [0.1, 0.15) is 12.7 Å². The molecule has 0 fully saturated rings. The van der Waals surface area contributed by atoms with E-state index in [1.807, 2.05) is 49.4 Å². The Kier molecular flexibility index (Phi) is 4.99. The van der Waals surface area contributed by atoms with E-state index in [0.29, 0.717) is 11.1 Å². The Balaban J connectivity index is 1.43. The highest BCUT2D eigenvalue weighted by atomic mass is 16.4. The van der Waals surface area contributed by atoms with Crippen LogP contribution < -0.4 is 5.76 Å². The second kappa shape index (κ2) is 7.75. The standard InChI is InChI=1S/C21H21N5O3/c1-15(16-7-9-17(10-8-16)26-14-22-13-23-26)24(2)20(27)11-12-25-18-5-3-4-6-19(18)29-21(25)28/h3-10,13-15H,11-12H2,1-2H3/t15-/m0/s1. The minimum absolute atomic E-state index is 0.0463. The quantitative estimate of drug-likeness (QED) is 0.504. The highest BCUT2D eigenvalue weighted by Gasteiger charge is 2.18.